The monoisotopic (exact) mass is 778 g/mol. The molecule has 4 aromatic rings. The summed E-state index contributed by atoms with van der Waals surface area (Å²) in [6.07, 6.45) is 12.8. The summed E-state index contributed by atoms with van der Waals surface area (Å²) >= 11 is 0. The van der Waals surface area contributed by atoms with E-state index in [0.29, 0.717) is 26.2 Å². The third-order valence-corrected chi connectivity index (χ3v) is 10.6. The van der Waals surface area contributed by atoms with Gasteiger partial charge in [0.1, 0.15) is 24.4 Å². The van der Waals surface area contributed by atoms with E-state index < -0.39 is 30.7 Å². The Labute approximate surface area is 342 Å². The molecule has 0 saturated carbocycles. The molecule has 4 aromatic carbocycles. The Hall–Kier alpha value is -3.85. The van der Waals surface area contributed by atoms with E-state index in [0.717, 1.165) is 41.5 Å². The zero-order valence-corrected chi connectivity index (χ0v) is 34.2. The van der Waals surface area contributed by atoms with E-state index in [1.165, 1.54) is 64.2 Å². The van der Waals surface area contributed by atoms with Gasteiger partial charge in [0.05, 0.1) is 33.0 Å². The largest absolute Gasteiger partial charge is 0.433 e. The zero-order chi connectivity index (χ0) is 39.6. The van der Waals surface area contributed by atoms with E-state index in [4.69, 9.17) is 28.4 Å². The van der Waals surface area contributed by atoms with E-state index in [-0.39, 0.29) is 19.2 Å². The molecule has 0 N–H and O–H groups in total. The van der Waals surface area contributed by atoms with Gasteiger partial charge >= 0.3 is 5.97 Å². The molecule has 308 valence electrons. The third kappa shape index (κ3) is 16.9. The van der Waals surface area contributed by atoms with Gasteiger partial charge in [-0.3, -0.25) is 4.79 Å². The zero-order valence-electron chi connectivity index (χ0n) is 34.2. The van der Waals surface area contributed by atoms with Crippen molar-refractivity contribution in [2.75, 3.05) is 6.61 Å². The molecule has 1 heterocycles. The normalized spacial score (nSPS) is 19.4. The fraction of sp³-hybridized carbons (Fsp3) is 0.500. The van der Waals surface area contributed by atoms with Crippen molar-refractivity contribution in [1.29, 1.82) is 0 Å². The van der Waals surface area contributed by atoms with Crippen molar-refractivity contribution >= 4 is 5.97 Å². The van der Waals surface area contributed by atoms with Gasteiger partial charge in [0.2, 0.25) is 6.29 Å². The number of rotatable bonds is 28. The molecule has 0 radical (unpaired) electrons. The van der Waals surface area contributed by atoms with Gasteiger partial charge in [-0.2, -0.15) is 0 Å². The molecule has 7 heteroatoms. The summed E-state index contributed by atoms with van der Waals surface area (Å²) in [6, 6.07) is 40.1. The second-order valence-electron chi connectivity index (χ2n) is 15.3. The lowest BCUT2D eigenvalue weighted by atomic mass is 9.97. The van der Waals surface area contributed by atoms with Crippen LogP contribution < -0.4 is 0 Å². The first-order valence-electron chi connectivity index (χ1n) is 21.6. The maximum Gasteiger partial charge on any atom is 0.308 e. The molecule has 7 nitrogen and oxygen atoms in total. The predicted octanol–water partition coefficient (Wildman–Crippen LogP) is 11.7. The second kappa shape index (κ2) is 27.0. The molecule has 0 amide bonds. The van der Waals surface area contributed by atoms with Gasteiger partial charge < -0.3 is 28.4 Å². The van der Waals surface area contributed by atoms with E-state index in [2.05, 4.69) is 6.92 Å². The van der Waals surface area contributed by atoms with E-state index in [1.807, 2.05) is 121 Å². The average Bonchev–Trinajstić information content (AvgIpc) is 3.25. The molecule has 57 heavy (non-hydrogen) atoms. The quantitative estimate of drug-likeness (QED) is 0.0420. The van der Waals surface area contributed by atoms with Crippen LogP contribution in [0.4, 0.5) is 0 Å². The van der Waals surface area contributed by atoms with Crippen LogP contribution in [0.15, 0.2) is 121 Å². The summed E-state index contributed by atoms with van der Waals surface area (Å²) in [5.74, 6) is -0.300. The molecule has 1 aliphatic rings. The number of benzene rings is 4. The maximum atomic E-state index is 13.6. The first-order chi connectivity index (χ1) is 28.2. The second-order valence-corrected chi connectivity index (χ2v) is 15.3. The number of hydrogen-bond donors (Lipinski definition) is 0. The first-order valence-corrected chi connectivity index (χ1v) is 21.6. The Morgan fingerprint density at radius 3 is 1.32 bits per heavy atom. The minimum Gasteiger partial charge on any atom is -0.433 e. The summed E-state index contributed by atoms with van der Waals surface area (Å²) in [7, 11) is 0. The molecular weight excluding hydrogens is 713 g/mol. The Bertz CT molecular complexity index is 1590. The summed E-state index contributed by atoms with van der Waals surface area (Å²) in [5, 5.41) is 0. The minimum absolute atomic E-state index is 0.206. The number of unbranched alkanes of at least 4 members (excludes halogenated alkanes) is 12. The maximum absolute atomic E-state index is 13.6. The van der Waals surface area contributed by atoms with Crippen molar-refractivity contribution in [3.63, 3.8) is 0 Å². The highest BCUT2D eigenvalue weighted by atomic mass is 16.7. The molecule has 0 spiro atoms. The first kappa shape index (κ1) is 44.3. The minimum atomic E-state index is -1.02. The molecule has 1 saturated heterocycles. The Balaban J connectivity index is 1.26. The lowest BCUT2D eigenvalue weighted by Gasteiger charge is -2.45. The van der Waals surface area contributed by atoms with Gasteiger partial charge in [-0.25, -0.2) is 0 Å². The number of esters is 1. The van der Waals surface area contributed by atoms with Gasteiger partial charge in [-0.1, -0.05) is 205 Å². The fourth-order valence-corrected chi connectivity index (χ4v) is 7.32. The molecule has 5 atom stereocenters. The van der Waals surface area contributed by atoms with Crippen molar-refractivity contribution in [2.24, 2.45) is 0 Å². The van der Waals surface area contributed by atoms with Gasteiger partial charge in [0.15, 0.2) is 0 Å². The number of carbonyl (C=O) groups excluding carboxylic acids is 1. The van der Waals surface area contributed by atoms with Crippen LogP contribution in [-0.4, -0.2) is 43.3 Å². The highest BCUT2D eigenvalue weighted by Gasteiger charge is 2.50. The highest BCUT2D eigenvalue weighted by molar-refractivity contribution is 5.69. The van der Waals surface area contributed by atoms with Crippen LogP contribution in [-0.2, 0) is 59.6 Å². The average molecular weight is 779 g/mol. The van der Waals surface area contributed by atoms with Gasteiger partial charge in [0.25, 0.3) is 0 Å². The van der Waals surface area contributed by atoms with Crippen molar-refractivity contribution in [3.8, 4) is 0 Å². The Kier molecular flexibility index (Phi) is 20.9. The van der Waals surface area contributed by atoms with Crippen LogP contribution in [0.2, 0.25) is 0 Å². The van der Waals surface area contributed by atoms with E-state index in [9.17, 15) is 4.79 Å². The van der Waals surface area contributed by atoms with Crippen molar-refractivity contribution in [3.05, 3.63) is 144 Å². The summed E-state index contributed by atoms with van der Waals surface area (Å²) in [6.45, 7) is 3.82. The topological polar surface area (TPSA) is 72.5 Å². The fourth-order valence-electron chi connectivity index (χ4n) is 7.32. The van der Waals surface area contributed by atoms with Crippen molar-refractivity contribution in [2.45, 2.75) is 154 Å². The van der Waals surface area contributed by atoms with Gasteiger partial charge in [-0.05, 0) is 28.7 Å². The smallest absolute Gasteiger partial charge is 0.308 e. The van der Waals surface area contributed by atoms with Crippen LogP contribution in [0.25, 0.3) is 0 Å². The standard InChI is InChI=1S/C50H66O7/c1-2-3-4-5-6-7-8-9-10-11-12-13-26-35-46(51)57-50-49(55-39-44-33-24-17-25-34-44)48(54-38-43-31-22-16-23-32-43)47(53-37-42-29-20-15-21-30-42)45(56-50)40-52-36-41-27-18-14-19-28-41/h14-25,27-34,45,47-50H,2-13,26,35-40H2,1H3/t45-,47-,48+,49-,50?/m1/s1. The molecular formula is C50H66O7. The molecule has 0 aromatic heterocycles. The van der Waals surface area contributed by atoms with Crippen LogP contribution >= 0.6 is 0 Å². The Morgan fingerprint density at radius 1 is 0.474 bits per heavy atom. The summed E-state index contributed by atoms with van der Waals surface area (Å²) in [4.78, 5) is 13.6. The molecule has 0 aliphatic carbocycles. The molecule has 1 unspecified atom stereocenters. The predicted molar refractivity (Wildman–Crippen MR) is 226 cm³/mol. The van der Waals surface area contributed by atoms with E-state index >= 15 is 0 Å². The van der Waals surface area contributed by atoms with E-state index in [1.54, 1.807) is 0 Å². The number of ether oxygens (including phenoxy) is 6. The SMILES string of the molecule is CCCCCCCCCCCCCCCC(=O)OC1O[C@H](COCc2ccccc2)[C@@H](OCc2ccccc2)[C@H](OCc2ccccc2)[C@H]1OCc1ccccc1. The van der Waals surface area contributed by atoms with Gasteiger partial charge in [-0.15, -0.1) is 0 Å². The lowest BCUT2D eigenvalue weighted by Crippen LogP contribution is -2.62. The lowest BCUT2D eigenvalue weighted by molar-refractivity contribution is -0.320. The summed E-state index contributed by atoms with van der Waals surface area (Å²) in [5.41, 5.74) is 4.08. The molecule has 0 bridgehead atoms. The third-order valence-electron chi connectivity index (χ3n) is 10.6. The number of carbonyl (C=O) groups is 1. The highest BCUT2D eigenvalue weighted by Crippen LogP contribution is 2.32. The van der Waals surface area contributed by atoms with Crippen molar-refractivity contribution < 1.29 is 33.2 Å². The van der Waals surface area contributed by atoms with Crippen LogP contribution in [0.1, 0.15) is 119 Å². The van der Waals surface area contributed by atoms with Crippen LogP contribution in [0, 0.1) is 0 Å². The van der Waals surface area contributed by atoms with Crippen LogP contribution in [0.5, 0.6) is 0 Å². The van der Waals surface area contributed by atoms with Gasteiger partial charge in [0, 0.05) is 6.42 Å². The van der Waals surface area contributed by atoms with Crippen molar-refractivity contribution in [1.82, 2.24) is 0 Å². The molecule has 1 aliphatic heterocycles. The molecule has 1 fully saturated rings. The molecule has 5 rings (SSSR count). The number of hydrogen-bond acceptors (Lipinski definition) is 7. The van der Waals surface area contributed by atoms with Crippen LogP contribution in [0.3, 0.4) is 0 Å². The summed E-state index contributed by atoms with van der Waals surface area (Å²) < 4.78 is 39.4. The Morgan fingerprint density at radius 2 is 0.860 bits per heavy atom.